The van der Waals surface area contributed by atoms with Gasteiger partial charge in [0, 0.05) is 43.5 Å². The summed E-state index contributed by atoms with van der Waals surface area (Å²) in [4.78, 5) is 22.1. The molecule has 7 heteroatoms. The largest absolute Gasteiger partial charge is 0.379 e. The molecule has 1 aliphatic heterocycles. The molecule has 0 unspecified atom stereocenters. The molecular weight excluding hydrogens is 328 g/mol. The van der Waals surface area contributed by atoms with Gasteiger partial charge in [-0.15, -0.1) is 0 Å². The van der Waals surface area contributed by atoms with Crippen molar-refractivity contribution >= 4 is 28.5 Å². The van der Waals surface area contributed by atoms with Crippen LogP contribution < -0.4 is 5.32 Å². The van der Waals surface area contributed by atoms with Gasteiger partial charge in [-0.25, -0.2) is 4.98 Å². The van der Waals surface area contributed by atoms with Gasteiger partial charge in [0.1, 0.15) is 5.82 Å². The molecular formula is C17H23ClN4O2. The molecule has 1 fully saturated rings. The summed E-state index contributed by atoms with van der Waals surface area (Å²) in [5, 5.41) is 3.66. The predicted octanol–water partition coefficient (Wildman–Crippen LogP) is 1.99. The number of halogens is 1. The maximum atomic E-state index is 12.1. The number of ether oxygens (including phenoxy) is 1. The van der Waals surface area contributed by atoms with Crippen LogP contribution in [-0.4, -0.2) is 59.7 Å². The Hall–Kier alpha value is -1.63. The van der Waals surface area contributed by atoms with Gasteiger partial charge in [-0.1, -0.05) is 11.6 Å². The van der Waals surface area contributed by atoms with Crippen LogP contribution in [-0.2, 0) is 16.0 Å². The third-order valence-corrected chi connectivity index (χ3v) is 4.56. The van der Waals surface area contributed by atoms with Gasteiger partial charge in [0.2, 0.25) is 5.91 Å². The minimum absolute atomic E-state index is 0.0770. The highest BCUT2D eigenvalue weighted by Gasteiger charge is 2.19. The van der Waals surface area contributed by atoms with Gasteiger partial charge < -0.3 is 15.0 Å². The van der Waals surface area contributed by atoms with E-state index in [1.165, 1.54) is 0 Å². The number of rotatable bonds is 6. The molecule has 0 radical (unpaired) electrons. The van der Waals surface area contributed by atoms with E-state index in [1.54, 1.807) is 0 Å². The van der Waals surface area contributed by atoms with Crippen LogP contribution in [0.2, 0.25) is 5.02 Å². The Morgan fingerprint density at radius 1 is 1.46 bits per heavy atom. The summed E-state index contributed by atoms with van der Waals surface area (Å²) in [6.45, 7) is 5.96. The molecule has 0 bridgehead atoms. The lowest BCUT2D eigenvalue weighted by atomic mass is 10.2. The Balaban J connectivity index is 1.43. The first-order valence-corrected chi connectivity index (χ1v) is 8.72. The minimum Gasteiger partial charge on any atom is -0.379 e. The van der Waals surface area contributed by atoms with Crippen LogP contribution in [0.5, 0.6) is 0 Å². The van der Waals surface area contributed by atoms with Crippen molar-refractivity contribution in [3.63, 3.8) is 0 Å². The molecule has 2 heterocycles. The second-order valence-electron chi connectivity index (χ2n) is 6.15. The molecule has 0 saturated carbocycles. The van der Waals surface area contributed by atoms with Crippen molar-refractivity contribution in [3.05, 3.63) is 29.0 Å². The molecule has 0 spiro atoms. The van der Waals surface area contributed by atoms with E-state index >= 15 is 0 Å². The van der Waals surface area contributed by atoms with Crippen molar-refractivity contribution < 1.29 is 9.53 Å². The number of hydrogen-bond donors (Lipinski definition) is 2. The lowest BCUT2D eigenvalue weighted by Gasteiger charge is -2.31. The number of aromatic nitrogens is 2. The Morgan fingerprint density at radius 3 is 3.04 bits per heavy atom. The average molecular weight is 351 g/mol. The summed E-state index contributed by atoms with van der Waals surface area (Å²) in [7, 11) is 0. The highest BCUT2D eigenvalue weighted by Crippen LogP contribution is 2.17. The Bertz CT molecular complexity index is 697. The van der Waals surface area contributed by atoms with E-state index in [-0.39, 0.29) is 11.9 Å². The van der Waals surface area contributed by atoms with E-state index < -0.39 is 0 Å². The molecule has 1 aromatic carbocycles. The number of carbonyl (C=O) groups excluding carboxylic acids is 1. The number of hydrogen-bond acceptors (Lipinski definition) is 4. The van der Waals surface area contributed by atoms with Crippen molar-refractivity contribution in [2.45, 2.75) is 25.8 Å². The number of H-pyrrole nitrogens is 1. The van der Waals surface area contributed by atoms with Crippen molar-refractivity contribution in [1.82, 2.24) is 20.2 Å². The topological polar surface area (TPSA) is 70.2 Å². The summed E-state index contributed by atoms with van der Waals surface area (Å²) in [6.07, 6.45) is 1.18. The Labute approximate surface area is 146 Å². The fourth-order valence-corrected chi connectivity index (χ4v) is 3.13. The van der Waals surface area contributed by atoms with Crippen molar-refractivity contribution in [1.29, 1.82) is 0 Å². The molecule has 6 nitrogen and oxygen atoms in total. The molecule has 2 aromatic rings. The first-order valence-electron chi connectivity index (χ1n) is 8.34. The standard InChI is InChI=1S/C17H23ClN4O2/c1-12(22-6-8-24-9-7-22)10-17(23)19-5-4-16-20-14-3-2-13(18)11-15(14)21-16/h2-3,11-12H,4-10H2,1H3,(H,19,23)(H,20,21)/t12-/m0/s1. The van der Waals surface area contributed by atoms with Crippen LogP contribution in [0.25, 0.3) is 11.0 Å². The summed E-state index contributed by atoms with van der Waals surface area (Å²) >= 11 is 5.97. The number of amides is 1. The highest BCUT2D eigenvalue weighted by atomic mass is 35.5. The number of fused-ring (bicyclic) bond motifs is 1. The smallest absolute Gasteiger partial charge is 0.221 e. The first-order chi connectivity index (χ1) is 11.6. The predicted molar refractivity (Wildman–Crippen MR) is 94.3 cm³/mol. The van der Waals surface area contributed by atoms with Crippen molar-refractivity contribution in [2.24, 2.45) is 0 Å². The number of benzene rings is 1. The molecule has 24 heavy (non-hydrogen) atoms. The van der Waals surface area contributed by atoms with Gasteiger partial charge in [-0.05, 0) is 25.1 Å². The van der Waals surface area contributed by atoms with Crippen LogP contribution in [0.1, 0.15) is 19.2 Å². The van der Waals surface area contributed by atoms with Crippen LogP contribution in [0.15, 0.2) is 18.2 Å². The number of aromatic amines is 1. The number of nitrogens with zero attached hydrogens (tertiary/aromatic N) is 2. The van der Waals surface area contributed by atoms with Crippen LogP contribution in [0.4, 0.5) is 0 Å². The number of morpholine rings is 1. The van der Waals surface area contributed by atoms with Crippen LogP contribution in [0, 0.1) is 0 Å². The highest BCUT2D eigenvalue weighted by molar-refractivity contribution is 6.31. The van der Waals surface area contributed by atoms with Crippen molar-refractivity contribution in [3.8, 4) is 0 Å². The van der Waals surface area contributed by atoms with E-state index in [4.69, 9.17) is 16.3 Å². The number of nitrogens with one attached hydrogen (secondary N) is 2. The fourth-order valence-electron chi connectivity index (χ4n) is 2.96. The molecule has 1 saturated heterocycles. The second-order valence-corrected chi connectivity index (χ2v) is 6.58. The second kappa shape index (κ2) is 7.96. The van der Waals surface area contributed by atoms with E-state index in [2.05, 4.69) is 27.1 Å². The number of carbonyl (C=O) groups is 1. The van der Waals surface area contributed by atoms with E-state index in [0.29, 0.717) is 24.4 Å². The molecule has 1 aliphatic rings. The molecule has 0 aliphatic carbocycles. The normalized spacial score (nSPS) is 17.1. The van der Waals surface area contributed by atoms with Gasteiger partial charge in [-0.3, -0.25) is 9.69 Å². The molecule has 1 amide bonds. The SMILES string of the molecule is C[C@@H](CC(=O)NCCc1nc2ccc(Cl)cc2[nH]1)N1CCOCC1. The lowest BCUT2D eigenvalue weighted by molar-refractivity contribution is -0.122. The monoisotopic (exact) mass is 350 g/mol. The fraction of sp³-hybridized carbons (Fsp3) is 0.529. The van der Waals surface area contributed by atoms with Gasteiger partial charge >= 0.3 is 0 Å². The molecule has 2 N–H and O–H groups in total. The summed E-state index contributed by atoms with van der Waals surface area (Å²) in [5.74, 6) is 0.932. The van der Waals surface area contributed by atoms with Gasteiger partial charge in [0.25, 0.3) is 0 Å². The van der Waals surface area contributed by atoms with E-state index in [0.717, 1.165) is 43.2 Å². The summed E-state index contributed by atoms with van der Waals surface area (Å²) in [6, 6.07) is 5.81. The maximum absolute atomic E-state index is 12.1. The lowest BCUT2D eigenvalue weighted by Crippen LogP contribution is -2.44. The van der Waals surface area contributed by atoms with Crippen LogP contribution >= 0.6 is 11.6 Å². The summed E-state index contributed by atoms with van der Waals surface area (Å²) < 4.78 is 5.34. The zero-order chi connectivity index (χ0) is 16.9. The average Bonchev–Trinajstić information content (AvgIpc) is 2.97. The Morgan fingerprint density at radius 2 is 2.25 bits per heavy atom. The van der Waals surface area contributed by atoms with E-state index in [9.17, 15) is 4.79 Å². The van der Waals surface area contributed by atoms with Gasteiger partial charge in [0.05, 0.1) is 24.2 Å². The minimum atomic E-state index is 0.0770. The maximum Gasteiger partial charge on any atom is 0.221 e. The van der Waals surface area contributed by atoms with Gasteiger partial charge in [-0.2, -0.15) is 0 Å². The van der Waals surface area contributed by atoms with Gasteiger partial charge in [0.15, 0.2) is 0 Å². The number of imidazole rings is 1. The Kier molecular flexibility index (Phi) is 5.71. The van der Waals surface area contributed by atoms with E-state index in [1.807, 2.05) is 18.2 Å². The summed E-state index contributed by atoms with van der Waals surface area (Å²) in [5.41, 5.74) is 1.81. The zero-order valence-electron chi connectivity index (χ0n) is 13.8. The third kappa shape index (κ3) is 4.47. The molecule has 1 atom stereocenters. The first kappa shape index (κ1) is 17.2. The zero-order valence-corrected chi connectivity index (χ0v) is 14.6. The van der Waals surface area contributed by atoms with Crippen LogP contribution in [0.3, 0.4) is 0 Å². The molecule has 130 valence electrons. The van der Waals surface area contributed by atoms with Crippen molar-refractivity contribution in [2.75, 3.05) is 32.8 Å². The molecule has 1 aromatic heterocycles. The quantitative estimate of drug-likeness (QED) is 0.835. The third-order valence-electron chi connectivity index (χ3n) is 4.33. The molecule has 3 rings (SSSR count).